The van der Waals surface area contributed by atoms with Crippen molar-refractivity contribution in [3.05, 3.63) is 71.4 Å². The first-order chi connectivity index (χ1) is 17.7. The highest BCUT2D eigenvalue weighted by molar-refractivity contribution is 5.94. The summed E-state index contributed by atoms with van der Waals surface area (Å²) in [5.41, 5.74) is 2.54. The quantitative estimate of drug-likeness (QED) is 0.279. The van der Waals surface area contributed by atoms with Gasteiger partial charge in [0, 0.05) is 23.4 Å². The first-order valence-corrected chi connectivity index (χ1v) is 12.3. The minimum Gasteiger partial charge on any atom is -0.481 e. The molecule has 4 rings (SSSR count). The van der Waals surface area contributed by atoms with Gasteiger partial charge in [-0.15, -0.1) is 0 Å². The molecule has 2 aromatic carbocycles. The SMILES string of the molecule is O=C(O)CCNC(=O)c1ccc(NC(c2cc(-c3ccc(C(F)(F)F)cc3)n[nH]2)C2CCCCC2)cc1. The Balaban J connectivity index is 1.50. The molecule has 1 saturated carbocycles. The number of aromatic nitrogens is 2. The van der Waals surface area contributed by atoms with E-state index in [9.17, 15) is 22.8 Å². The van der Waals surface area contributed by atoms with Gasteiger partial charge in [-0.05, 0) is 61.2 Å². The molecule has 0 bridgehead atoms. The second-order valence-electron chi connectivity index (χ2n) is 9.28. The molecule has 7 nitrogen and oxygen atoms in total. The van der Waals surface area contributed by atoms with E-state index in [1.165, 1.54) is 18.6 Å². The molecule has 1 aliphatic carbocycles. The number of hydrogen-bond donors (Lipinski definition) is 4. The molecule has 1 amide bonds. The van der Waals surface area contributed by atoms with Gasteiger partial charge in [-0.3, -0.25) is 14.7 Å². The number of rotatable bonds is 9. The Morgan fingerprint density at radius 1 is 1.03 bits per heavy atom. The molecule has 1 fully saturated rings. The standard InChI is InChI=1S/C27H29F3N4O3/c28-27(29,30)20-10-6-17(7-11-20)22-16-23(34-33-22)25(18-4-2-1-3-5-18)32-21-12-8-19(9-13-21)26(37)31-15-14-24(35)36/h6-13,16,18,25,32H,1-5,14-15H2,(H,31,37)(H,33,34)(H,35,36). The molecule has 0 saturated heterocycles. The first kappa shape index (κ1) is 26.2. The third kappa shape index (κ3) is 6.90. The van der Waals surface area contributed by atoms with E-state index in [0.717, 1.165) is 49.2 Å². The number of aromatic amines is 1. The number of nitrogens with one attached hydrogen (secondary N) is 3. The molecule has 1 aliphatic rings. The number of halogens is 3. The number of carbonyl (C=O) groups excluding carboxylic acids is 1. The zero-order chi connectivity index (χ0) is 26.4. The van der Waals surface area contributed by atoms with Gasteiger partial charge in [-0.1, -0.05) is 31.4 Å². The maximum atomic E-state index is 12.9. The molecule has 37 heavy (non-hydrogen) atoms. The molecule has 10 heteroatoms. The minimum absolute atomic E-state index is 0.0546. The molecule has 1 aromatic heterocycles. The third-order valence-electron chi connectivity index (χ3n) is 6.66. The molecule has 0 spiro atoms. The number of hydrogen-bond acceptors (Lipinski definition) is 4. The van der Waals surface area contributed by atoms with Gasteiger partial charge in [0.15, 0.2) is 0 Å². The van der Waals surface area contributed by atoms with E-state index in [1.54, 1.807) is 24.3 Å². The highest BCUT2D eigenvalue weighted by atomic mass is 19.4. The van der Waals surface area contributed by atoms with Crippen LogP contribution < -0.4 is 10.6 Å². The van der Waals surface area contributed by atoms with Crippen LogP contribution in [0.3, 0.4) is 0 Å². The lowest BCUT2D eigenvalue weighted by Gasteiger charge is -2.31. The molecule has 196 valence electrons. The van der Waals surface area contributed by atoms with Crippen molar-refractivity contribution < 1.29 is 27.9 Å². The number of aliphatic carboxylic acids is 1. The maximum absolute atomic E-state index is 12.9. The van der Waals surface area contributed by atoms with Crippen LogP contribution in [0.15, 0.2) is 54.6 Å². The summed E-state index contributed by atoms with van der Waals surface area (Å²) in [7, 11) is 0. The zero-order valence-corrected chi connectivity index (χ0v) is 20.1. The van der Waals surface area contributed by atoms with Crippen molar-refractivity contribution in [3.8, 4) is 11.3 Å². The second kappa shape index (κ2) is 11.5. The van der Waals surface area contributed by atoms with Gasteiger partial charge in [0.25, 0.3) is 5.91 Å². The van der Waals surface area contributed by atoms with Crippen molar-refractivity contribution in [2.24, 2.45) is 5.92 Å². The molecule has 4 N–H and O–H groups in total. The van der Waals surface area contributed by atoms with E-state index in [1.807, 2.05) is 6.07 Å². The van der Waals surface area contributed by atoms with E-state index in [4.69, 9.17) is 5.11 Å². The Morgan fingerprint density at radius 2 is 1.70 bits per heavy atom. The summed E-state index contributed by atoms with van der Waals surface area (Å²) in [5.74, 6) is -0.978. The lowest BCUT2D eigenvalue weighted by Crippen LogP contribution is -2.26. The number of H-pyrrole nitrogens is 1. The number of carboxylic acid groups (broad SMARTS) is 1. The van der Waals surface area contributed by atoms with Crippen molar-refractivity contribution >= 4 is 17.6 Å². The van der Waals surface area contributed by atoms with Crippen LogP contribution in [0.4, 0.5) is 18.9 Å². The number of carbonyl (C=O) groups is 2. The monoisotopic (exact) mass is 514 g/mol. The fourth-order valence-corrected chi connectivity index (χ4v) is 4.67. The predicted molar refractivity (Wildman–Crippen MR) is 133 cm³/mol. The van der Waals surface area contributed by atoms with Gasteiger partial charge in [0.1, 0.15) is 0 Å². The van der Waals surface area contributed by atoms with Crippen LogP contribution in [0.5, 0.6) is 0 Å². The lowest BCUT2D eigenvalue weighted by atomic mass is 9.82. The van der Waals surface area contributed by atoms with Crippen LogP contribution in [-0.4, -0.2) is 33.7 Å². The highest BCUT2D eigenvalue weighted by Gasteiger charge is 2.30. The lowest BCUT2D eigenvalue weighted by molar-refractivity contribution is -0.138. The van der Waals surface area contributed by atoms with Gasteiger partial charge < -0.3 is 15.7 Å². The first-order valence-electron chi connectivity index (χ1n) is 12.3. The normalized spacial score (nSPS) is 15.2. The molecular weight excluding hydrogens is 485 g/mol. The molecule has 1 heterocycles. The summed E-state index contributed by atoms with van der Waals surface area (Å²) >= 11 is 0. The summed E-state index contributed by atoms with van der Waals surface area (Å²) in [5, 5.41) is 22.3. The minimum atomic E-state index is -4.39. The average Bonchev–Trinajstić information content (AvgIpc) is 3.37. The van der Waals surface area contributed by atoms with Crippen LogP contribution >= 0.6 is 0 Å². The summed E-state index contributed by atoms with van der Waals surface area (Å²) in [6.07, 6.45) is 0.977. The van der Waals surface area contributed by atoms with Crippen LogP contribution in [0.25, 0.3) is 11.3 Å². The highest BCUT2D eigenvalue weighted by Crippen LogP contribution is 2.37. The van der Waals surface area contributed by atoms with Crippen LogP contribution in [-0.2, 0) is 11.0 Å². The maximum Gasteiger partial charge on any atom is 0.416 e. The van der Waals surface area contributed by atoms with E-state index in [2.05, 4.69) is 20.8 Å². The predicted octanol–water partition coefficient (Wildman–Crippen LogP) is 6.03. The van der Waals surface area contributed by atoms with Crippen molar-refractivity contribution in [3.63, 3.8) is 0 Å². The topological polar surface area (TPSA) is 107 Å². The Kier molecular flexibility index (Phi) is 8.15. The van der Waals surface area contributed by atoms with Crippen LogP contribution in [0.1, 0.15) is 66.2 Å². The smallest absolute Gasteiger partial charge is 0.416 e. The van der Waals surface area contributed by atoms with E-state index < -0.39 is 17.7 Å². The number of alkyl halides is 3. The summed E-state index contributed by atoms with van der Waals surface area (Å²) in [4.78, 5) is 22.9. The molecule has 0 aliphatic heterocycles. The van der Waals surface area contributed by atoms with Crippen LogP contribution in [0.2, 0.25) is 0 Å². The summed E-state index contributed by atoms with van der Waals surface area (Å²) in [6, 6.07) is 13.7. The zero-order valence-electron chi connectivity index (χ0n) is 20.1. The average molecular weight is 515 g/mol. The van der Waals surface area contributed by atoms with E-state index >= 15 is 0 Å². The molecule has 1 atom stereocenters. The van der Waals surface area contributed by atoms with Crippen LogP contribution in [0, 0.1) is 5.92 Å². The van der Waals surface area contributed by atoms with Gasteiger partial charge >= 0.3 is 12.1 Å². The van der Waals surface area contributed by atoms with E-state index in [0.29, 0.717) is 22.7 Å². The van der Waals surface area contributed by atoms with Crippen molar-refractivity contribution in [2.45, 2.75) is 50.7 Å². The van der Waals surface area contributed by atoms with Crippen molar-refractivity contribution in [1.82, 2.24) is 15.5 Å². The number of carboxylic acids is 1. The number of amides is 1. The summed E-state index contributed by atoms with van der Waals surface area (Å²) < 4.78 is 38.8. The van der Waals surface area contributed by atoms with Crippen molar-refractivity contribution in [2.75, 3.05) is 11.9 Å². The van der Waals surface area contributed by atoms with Gasteiger partial charge in [0.05, 0.1) is 29.4 Å². The van der Waals surface area contributed by atoms with Crippen molar-refractivity contribution in [1.29, 1.82) is 0 Å². The Bertz CT molecular complexity index is 1200. The number of nitrogens with zero attached hydrogens (tertiary/aromatic N) is 1. The molecule has 1 unspecified atom stereocenters. The fraction of sp³-hybridized carbons (Fsp3) is 0.370. The van der Waals surface area contributed by atoms with Gasteiger partial charge in [-0.2, -0.15) is 18.3 Å². The van der Waals surface area contributed by atoms with E-state index in [-0.39, 0.29) is 24.9 Å². The number of benzene rings is 2. The van der Waals surface area contributed by atoms with Gasteiger partial charge in [0.2, 0.25) is 0 Å². The van der Waals surface area contributed by atoms with Gasteiger partial charge in [-0.25, -0.2) is 0 Å². The second-order valence-corrected chi connectivity index (χ2v) is 9.28. The molecular formula is C27H29F3N4O3. The fourth-order valence-electron chi connectivity index (χ4n) is 4.67. The molecule has 0 radical (unpaired) electrons. The largest absolute Gasteiger partial charge is 0.481 e. The Hall–Kier alpha value is -3.82. The Labute approximate surface area is 212 Å². The molecule has 3 aromatic rings. The third-order valence-corrected chi connectivity index (χ3v) is 6.66. The Morgan fingerprint density at radius 3 is 2.32 bits per heavy atom. The number of anilines is 1. The summed E-state index contributed by atoms with van der Waals surface area (Å²) in [6.45, 7) is 0.0546.